The van der Waals surface area contributed by atoms with Gasteiger partial charge in [0.1, 0.15) is 5.75 Å². The molecule has 0 spiro atoms. The van der Waals surface area contributed by atoms with Crippen LogP contribution in [0.15, 0.2) is 64.5 Å². The van der Waals surface area contributed by atoms with Crippen molar-refractivity contribution in [2.24, 2.45) is 0 Å². The number of hydrogen-bond donors (Lipinski definition) is 3. The number of carbonyl (C=O) groups excluding carboxylic acids is 1. The highest BCUT2D eigenvalue weighted by Gasteiger charge is 2.16. The van der Waals surface area contributed by atoms with Gasteiger partial charge in [-0.25, -0.2) is 13.1 Å². The van der Waals surface area contributed by atoms with Gasteiger partial charge in [0.25, 0.3) is 5.91 Å². The van der Waals surface area contributed by atoms with Crippen molar-refractivity contribution in [3.63, 3.8) is 0 Å². The number of rotatable bonds is 10. The lowest BCUT2D eigenvalue weighted by molar-refractivity contribution is 0.0973. The summed E-state index contributed by atoms with van der Waals surface area (Å²) in [5.41, 5.74) is 0.881. The second kappa shape index (κ2) is 11.9. The molecule has 2 rings (SSSR count). The maximum Gasteiger partial charge on any atom is 0.261 e. The molecule has 1 amide bonds. The van der Waals surface area contributed by atoms with Crippen molar-refractivity contribution in [3.8, 4) is 5.75 Å². The predicted octanol–water partition coefficient (Wildman–Crippen LogP) is 4.22. The summed E-state index contributed by atoms with van der Waals surface area (Å²) in [6.07, 6.45) is 3.32. The van der Waals surface area contributed by atoms with Crippen molar-refractivity contribution in [2.75, 3.05) is 18.5 Å². The van der Waals surface area contributed by atoms with E-state index in [0.717, 1.165) is 17.3 Å². The molecule has 0 aliphatic heterocycles. The maximum atomic E-state index is 12.7. The lowest BCUT2D eigenvalue weighted by Crippen LogP contribution is -2.34. The van der Waals surface area contributed by atoms with Gasteiger partial charge in [-0.05, 0) is 61.1 Å². The number of benzene rings is 2. The molecule has 0 saturated heterocycles. The van der Waals surface area contributed by atoms with Crippen LogP contribution in [0.1, 0.15) is 30.1 Å². The van der Waals surface area contributed by atoms with Gasteiger partial charge >= 0.3 is 0 Å². The summed E-state index contributed by atoms with van der Waals surface area (Å²) in [6.45, 7) is 6.19. The summed E-state index contributed by atoms with van der Waals surface area (Å²) in [5.74, 6) is 0.0525. The molecule has 0 bridgehead atoms. The largest absolute Gasteiger partial charge is 0.493 e. The highest BCUT2D eigenvalue weighted by Crippen LogP contribution is 2.23. The van der Waals surface area contributed by atoms with E-state index in [9.17, 15) is 13.2 Å². The smallest absolute Gasteiger partial charge is 0.261 e. The van der Waals surface area contributed by atoms with Gasteiger partial charge in [-0.2, -0.15) is 0 Å². The minimum Gasteiger partial charge on any atom is -0.493 e. The van der Waals surface area contributed by atoms with Crippen LogP contribution in [0, 0.1) is 0 Å². The van der Waals surface area contributed by atoms with Crippen molar-refractivity contribution in [1.29, 1.82) is 0 Å². The molecule has 0 atom stereocenters. The molecule has 0 unspecified atom stereocenters. The minimum absolute atomic E-state index is 0.0740. The van der Waals surface area contributed by atoms with Crippen LogP contribution >= 0.6 is 28.1 Å². The van der Waals surface area contributed by atoms with Crippen LogP contribution in [-0.4, -0.2) is 32.6 Å². The summed E-state index contributed by atoms with van der Waals surface area (Å²) in [5, 5.41) is 5.55. The lowest BCUT2D eigenvalue weighted by atomic mass is 10.2. The fourth-order valence-corrected chi connectivity index (χ4v) is 4.00. The first-order valence-electron chi connectivity index (χ1n) is 9.52. The summed E-state index contributed by atoms with van der Waals surface area (Å²) < 4.78 is 33.0. The van der Waals surface area contributed by atoms with Crippen LogP contribution in [0.2, 0.25) is 0 Å². The van der Waals surface area contributed by atoms with E-state index in [4.69, 9.17) is 17.0 Å². The molecule has 0 aliphatic rings. The monoisotopic (exact) mass is 525 g/mol. The van der Waals surface area contributed by atoms with Crippen LogP contribution in [0.3, 0.4) is 0 Å². The van der Waals surface area contributed by atoms with Crippen LogP contribution in [0.5, 0.6) is 5.75 Å². The molecule has 2 aromatic rings. The standard InChI is InChI=1S/C21H24BrN3O4S2/c1-3-5-13-29-19-11-6-15(22)14-18(19)20(26)25-21(30)24-16-7-9-17(10-8-16)31(27,28)23-12-4-2/h4,6-11,14,23H,2-3,5,12-13H2,1H3,(H2,24,25,26,30). The third-order valence-electron chi connectivity index (χ3n) is 4.01. The molecule has 31 heavy (non-hydrogen) atoms. The summed E-state index contributed by atoms with van der Waals surface area (Å²) in [7, 11) is -3.61. The number of nitrogens with one attached hydrogen (secondary N) is 3. The highest BCUT2D eigenvalue weighted by atomic mass is 79.9. The Labute approximate surface area is 196 Å². The number of carbonyl (C=O) groups is 1. The van der Waals surface area contributed by atoms with Crippen LogP contribution < -0.4 is 20.1 Å². The predicted molar refractivity (Wildman–Crippen MR) is 130 cm³/mol. The number of thiocarbonyl (C=S) groups is 1. The minimum atomic E-state index is -3.61. The molecule has 0 saturated carbocycles. The van der Waals surface area contributed by atoms with Gasteiger partial charge in [-0.1, -0.05) is 35.4 Å². The Hall–Kier alpha value is -2.27. The van der Waals surface area contributed by atoms with Crippen LogP contribution in [0.25, 0.3) is 0 Å². The van der Waals surface area contributed by atoms with Crippen molar-refractivity contribution >= 4 is 54.9 Å². The molecule has 2 aromatic carbocycles. The molecule has 0 aliphatic carbocycles. The molecule has 0 fully saturated rings. The molecule has 166 valence electrons. The van der Waals surface area contributed by atoms with Crippen LogP contribution in [-0.2, 0) is 10.0 Å². The Morgan fingerprint density at radius 3 is 2.58 bits per heavy atom. The fraction of sp³-hybridized carbons (Fsp3) is 0.238. The highest BCUT2D eigenvalue weighted by molar-refractivity contribution is 9.10. The lowest BCUT2D eigenvalue weighted by Gasteiger charge is -2.14. The van der Waals surface area contributed by atoms with Gasteiger partial charge in [-0.3, -0.25) is 10.1 Å². The first-order chi connectivity index (χ1) is 14.8. The SMILES string of the molecule is C=CCNS(=O)(=O)c1ccc(NC(=S)NC(=O)c2cc(Br)ccc2OCCCC)cc1. The number of anilines is 1. The van der Waals surface area contributed by atoms with E-state index in [1.807, 2.05) is 0 Å². The van der Waals surface area contributed by atoms with E-state index in [1.165, 1.54) is 18.2 Å². The van der Waals surface area contributed by atoms with Crippen molar-refractivity contribution in [1.82, 2.24) is 10.0 Å². The Balaban J connectivity index is 2.03. The molecule has 0 radical (unpaired) electrons. The third kappa shape index (κ3) is 7.73. The van der Waals surface area contributed by atoms with Gasteiger partial charge in [0.05, 0.1) is 17.1 Å². The van der Waals surface area contributed by atoms with E-state index < -0.39 is 15.9 Å². The molecule has 0 aromatic heterocycles. The Morgan fingerprint density at radius 1 is 1.23 bits per heavy atom. The van der Waals surface area contributed by atoms with Gasteiger partial charge in [-0.15, -0.1) is 6.58 Å². The first-order valence-corrected chi connectivity index (χ1v) is 12.2. The third-order valence-corrected chi connectivity index (χ3v) is 6.15. The van der Waals surface area contributed by atoms with Gasteiger partial charge in [0, 0.05) is 16.7 Å². The number of sulfonamides is 1. The summed E-state index contributed by atoms with van der Waals surface area (Å²) in [6, 6.07) is 11.2. The molecule has 10 heteroatoms. The van der Waals surface area contributed by atoms with E-state index in [-0.39, 0.29) is 16.6 Å². The topological polar surface area (TPSA) is 96.5 Å². The Kier molecular flexibility index (Phi) is 9.63. The normalized spacial score (nSPS) is 10.9. The quantitative estimate of drug-likeness (QED) is 0.244. The molecule has 3 N–H and O–H groups in total. The maximum absolute atomic E-state index is 12.7. The number of hydrogen-bond acceptors (Lipinski definition) is 5. The van der Waals surface area contributed by atoms with E-state index in [1.54, 1.807) is 30.3 Å². The second-order valence-corrected chi connectivity index (χ2v) is 9.51. The van der Waals surface area contributed by atoms with Gasteiger partial charge in [0.2, 0.25) is 10.0 Å². The number of halogens is 1. The number of ether oxygens (including phenoxy) is 1. The average molecular weight is 526 g/mol. The second-order valence-electron chi connectivity index (χ2n) is 6.42. The summed E-state index contributed by atoms with van der Waals surface area (Å²) >= 11 is 8.58. The summed E-state index contributed by atoms with van der Waals surface area (Å²) in [4.78, 5) is 12.8. The van der Waals surface area contributed by atoms with E-state index >= 15 is 0 Å². The number of unbranched alkanes of at least 4 members (excludes halogenated alkanes) is 1. The number of amides is 1. The molecule has 0 heterocycles. The molecule has 7 nitrogen and oxygen atoms in total. The zero-order valence-electron chi connectivity index (χ0n) is 17.0. The Morgan fingerprint density at radius 2 is 1.94 bits per heavy atom. The molecular formula is C21H24BrN3O4S2. The van der Waals surface area contributed by atoms with Gasteiger partial charge in [0.15, 0.2) is 5.11 Å². The molecular weight excluding hydrogens is 502 g/mol. The first kappa shape index (κ1) is 25.0. The van der Waals surface area contributed by atoms with Crippen molar-refractivity contribution < 1.29 is 17.9 Å². The van der Waals surface area contributed by atoms with Crippen molar-refractivity contribution in [3.05, 3.63) is 65.2 Å². The average Bonchev–Trinajstić information content (AvgIpc) is 2.73. The van der Waals surface area contributed by atoms with Crippen LogP contribution in [0.4, 0.5) is 5.69 Å². The Bertz CT molecular complexity index is 1040. The van der Waals surface area contributed by atoms with Crippen molar-refractivity contribution in [2.45, 2.75) is 24.7 Å². The van der Waals surface area contributed by atoms with E-state index in [0.29, 0.717) is 23.6 Å². The fourth-order valence-electron chi connectivity index (χ4n) is 2.43. The zero-order valence-corrected chi connectivity index (χ0v) is 20.2. The van der Waals surface area contributed by atoms with Gasteiger partial charge < -0.3 is 10.1 Å². The van der Waals surface area contributed by atoms with E-state index in [2.05, 4.69) is 44.8 Å². The zero-order chi connectivity index (χ0) is 22.9.